The first kappa shape index (κ1) is 22.9. The summed E-state index contributed by atoms with van der Waals surface area (Å²) in [5.41, 5.74) is 6.20. The first-order valence-electron chi connectivity index (χ1n) is 11.1. The fourth-order valence-corrected chi connectivity index (χ4v) is 4.63. The van der Waals surface area contributed by atoms with Gasteiger partial charge in [-0.1, -0.05) is 43.6 Å². The van der Waals surface area contributed by atoms with Crippen molar-refractivity contribution in [2.24, 2.45) is 0 Å². The maximum atomic E-state index is 6.30. The van der Waals surface area contributed by atoms with Gasteiger partial charge in [-0.15, -0.1) is 0 Å². The van der Waals surface area contributed by atoms with Crippen LogP contribution in [-0.2, 0) is 13.0 Å². The van der Waals surface area contributed by atoms with Crippen LogP contribution in [0, 0.1) is 6.92 Å². The lowest BCUT2D eigenvalue weighted by molar-refractivity contribution is 0.319. The number of rotatable bonds is 7. The van der Waals surface area contributed by atoms with Gasteiger partial charge < -0.3 is 15.1 Å². The van der Waals surface area contributed by atoms with Crippen molar-refractivity contribution in [1.29, 1.82) is 0 Å². The van der Waals surface area contributed by atoms with Crippen molar-refractivity contribution >= 4 is 40.3 Å². The van der Waals surface area contributed by atoms with Crippen LogP contribution in [0.2, 0.25) is 5.02 Å². The van der Waals surface area contributed by atoms with Crippen molar-refractivity contribution in [3.8, 4) is 0 Å². The Morgan fingerprint density at radius 1 is 1.27 bits per heavy atom. The Bertz CT molecular complexity index is 883. The van der Waals surface area contributed by atoms with Crippen LogP contribution >= 0.6 is 23.8 Å². The minimum atomic E-state index is 0.345. The first-order valence-corrected chi connectivity index (χ1v) is 11.9. The van der Waals surface area contributed by atoms with Crippen LogP contribution in [0.5, 0.6) is 0 Å². The average Bonchev–Trinajstić information content (AvgIpc) is 2.75. The van der Waals surface area contributed by atoms with Crippen molar-refractivity contribution in [1.82, 2.24) is 4.90 Å². The highest BCUT2D eigenvalue weighted by Gasteiger charge is 2.20. The molecule has 1 aliphatic heterocycles. The summed E-state index contributed by atoms with van der Waals surface area (Å²) in [7, 11) is 0. The third kappa shape index (κ3) is 5.28. The van der Waals surface area contributed by atoms with E-state index < -0.39 is 0 Å². The Morgan fingerprint density at radius 2 is 2.07 bits per heavy atom. The summed E-state index contributed by atoms with van der Waals surface area (Å²) in [5.74, 6) is 0. The quantitative estimate of drug-likeness (QED) is 0.473. The van der Waals surface area contributed by atoms with Crippen LogP contribution in [0.3, 0.4) is 0 Å². The molecular weight excluding hydrogens is 410 g/mol. The van der Waals surface area contributed by atoms with E-state index in [4.69, 9.17) is 23.8 Å². The molecule has 1 heterocycles. The normalized spacial score (nSPS) is 14.2. The third-order valence-electron chi connectivity index (χ3n) is 6.10. The van der Waals surface area contributed by atoms with E-state index in [0.717, 1.165) is 47.3 Å². The minimum Gasteiger partial charge on any atom is -0.371 e. The fourth-order valence-electron chi connectivity index (χ4n) is 4.10. The van der Waals surface area contributed by atoms with Gasteiger partial charge in [0.05, 0.1) is 0 Å². The molecule has 3 rings (SSSR count). The van der Waals surface area contributed by atoms with E-state index in [2.05, 4.69) is 54.1 Å². The molecule has 1 atom stereocenters. The largest absolute Gasteiger partial charge is 0.371 e. The molecule has 3 nitrogen and oxygen atoms in total. The number of anilines is 2. The molecule has 0 spiro atoms. The summed E-state index contributed by atoms with van der Waals surface area (Å²) in [6.45, 7) is 11.8. The molecule has 0 amide bonds. The van der Waals surface area contributed by atoms with Crippen molar-refractivity contribution in [2.45, 2.75) is 66.0 Å². The zero-order valence-corrected chi connectivity index (χ0v) is 20.2. The molecule has 162 valence electrons. The third-order valence-corrected chi connectivity index (χ3v) is 6.84. The predicted molar refractivity (Wildman–Crippen MR) is 135 cm³/mol. The van der Waals surface area contributed by atoms with Crippen molar-refractivity contribution in [2.75, 3.05) is 23.3 Å². The molecule has 2 aromatic rings. The molecule has 1 unspecified atom stereocenters. The topological polar surface area (TPSA) is 18.5 Å². The maximum Gasteiger partial charge on any atom is 0.173 e. The lowest BCUT2D eigenvalue weighted by Crippen LogP contribution is -2.40. The standard InChI is InChI=1S/C25H34ClN3S/c1-5-14-28-15-8-9-21-16-20(12-13-24(21)28)17-29(18(3)6-2)25(30)27-23-11-7-10-22(26)19(23)4/h7,10-13,16,18H,5-6,8-9,14-15,17H2,1-4H3,(H,27,30). The molecule has 1 aliphatic rings. The van der Waals surface area contributed by atoms with E-state index in [-0.39, 0.29) is 0 Å². The zero-order valence-electron chi connectivity index (χ0n) is 18.7. The number of hydrogen-bond acceptors (Lipinski definition) is 2. The lowest BCUT2D eigenvalue weighted by Gasteiger charge is -2.34. The molecule has 0 radical (unpaired) electrons. The van der Waals surface area contributed by atoms with Gasteiger partial charge in [-0.2, -0.15) is 0 Å². The number of aryl methyl sites for hydroxylation is 1. The van der Waals surface area contributed by atoms with Crippen LogP contribution in [-0.4, -0.2) is 29.1 Å². The number of halogens is 1. The van der Waals surface area contributed by atoms with Gasteiger partial charge in [0.2, 0.25) is 0 Å². The second-order valence-electron chi connectivity index (χ2n) is 8.28. The molecule has 30 heavy (non-hydrogen) atoms. The average molecular weight is 444 g/mol. The van der Waals surface area contributed by atoms with E-state index in [1.54, 1.807) is 0 Å². The molecule has 5 heteroatoms. The van der Waals surface area contributed by atoms with Gasteiger partial charge in [0.15, 0.2) is 5.11 Å². The highest BCUT2D eigenvalue weighted by Crippen LogP contribution is 2.29. The summed E-state index contributed by atoms with van der Waals surface area (Å²) >= 11 is 12.1. The Balaban J connectivity index is 1.80. The van der Waals surface area contributed by atoms with Gasteiger partial charge in [0.1, 0.15) is 0 Å². The highest BCUT2D eigenvalue weighted by atomic mass is 35.5. The second-order valence-corrected chi connectivity index (χ2v) is 9.08. The first-order chi connectivity index (χ1) is 14.4. The van der Waals surface area contributed by atoms with E-state index in [0.29, 0.717) is 6.04 Å². The Kier molecular flexibility index (Phi) is 8.01. The van der Waals surface area contributed by atoms with E-state index in [1.165, 1.54) is 36.2 Å². The molecular formula is C25H34ClN3S. The van der Waals surface area contributed by atoms with Gasteiger partial charge in [-0.3, -0.25) is 0 Å². The molecule has 0 saturated carbocycles. The summed E-state index contributed by atoms with van der Waals surface area (Å²) in [5, 5.41) is 4.94. The molecule has 1 N–H and O–H groups in total. The van der Waals surface area contributed by atoms with Crippen molar-refractivity contribution in [3.63, 3.8) is 0 Å². The Hall–Kier alpha value is -1.78. The van der Waals surface area contributed by atoms with Crippen LogP contribution in [0.4, 0.5) is 11.4 Å². The Morgan fingerprint density at radius 3 is 2.80 bits per heavy atom. The number of nitrogens with one attached hydrogen (secondary N) is 1. The Labute approximate surface area is 192 Å². The number of hydrogen-bond donors (Lipinski definition) is 1. The fraction of sp³-hybridized carbons (Fsp3) is 0.480. The summed E-state index contributed by atoms with van der Waals surface area (Å²) < 4.78 is 0. The van der Waals surface area contributed by atoms with Gasteiger partial charge in [-0.25, -0.2) is 0 Å². The van der Waals surface area contributed by atoms with Crippen molar-refractivity contribution in [3.05, 3.63) is 58.1 Å². The number of nitrogens with zero attached hydrogens (tertiary/aromatic N) is 2. The van der Waals surface area contributed by atoms with Gasteiger partial charge in [0.25, 0.3) is 0 Å². The smallest absolute Gasteiger partial charge is 0.173 e. The van der Waals surface area contributed by atoms with E-state index in [9.17, 15) is 0 Å². The molecule has 0 fully saturated rings. The summed E-state index contributed by atoms with van der Waals surface area (Å²) in [6, 6.07) is 13.2. The highest BCUT2D eigenvalue weighted by molar-refractivity contribution is 7.80. The molecule has 0 aromatic heterocycles. The van der Waals surface area contributed by atoms with Crippen LogP contribution in [0.1, 0.15) is 56.7 Å². The molecule has 2 aromatic carbocycles. The zero-order chi connectivity index (χ0) is 21.7. The van der Waals surface area contributed by atoms with Gasteiger partial charge >= 0.3 is 0 Å². The number of fused-ring (bicyclic) bond motifs is 1. The molecule has 0 aliphatic carbocycles. The predicted octanol–water partition coefficient (Wildman–Crippen LogP) is 6.81. The van der Waals surface area contributed by atoms with Gasteiger partial charge in [-0.05, 0) is 86.6 Å². The van der Waals surface area contributed by atoms with E-state index in [1.807, 2.05) is 25.1 Å². The molecule has 0 bridgehead atoms. The molecule has 0 saturated heterocycles. The van der Waals surface area contributed by atoms with Crippen molar-refractivity contribution < 1.29 is 0 Å². The number of thiocarbonyl (C=S) groups is 1. The SMILES string of the molecule is CCCN1CCCc2cc(CN(C(=S)Nc3cccc(Cl)c3C)C(C)CC)ccc21. The van der Waals surface area contributed by atoms with Gasteiger partial charge in [0, 0.05) is 42.1 Å². The number of benzene rings is 2. The monoisotopic (exact) mass is 443 g/mol. The second kappa shape index (κ2) is 10.5. The van der Waals surface area contributed by atoms with E-state index >= 15 is 0 Å². The lowest BCUT2D eigenvalue weighted by atomic mass is 9.98. The summed E-state index contributed by atoms with van der Waals surface area (Å²) in [6.07, 6.45) is 4.62. The van der Waals surface area contributed by atoms with Crippen LogP contribution in [0.15, 0.2) is 36.4 Å². The summed E-state index contributed by atoms with van der Waals surface area (Å²) in [4.78, 5) is 4.83. The minimum absolute atomic E-state index is 0.345. The van der Waals surface area contributed by atoms with Crippen LogP contribution < -0.4 is 10.2 Å². The maximum absolute atomic E-state index is 6.30. The van der Waals surface area contributed by atoms with Crippen LogP contribution in [0.25, 0.3) is 0 Å².